The van der Waals surface area contributed by atoms with Gasteiger partial charge >= 0.3 is 0 Å². The second kappa shape index (κ2) is 8.18. The zero-order valence-corrected chi connectivity index (χ0v) is 15.9. The maximum Gasteiger partial charge on any atom is 0.278 e. The van der Waals surface area contributed by atoms with Crippen molar-refractivity contribution in [3.05, 3.63) is 70.9 Å². The summed E-state index contributed by atoms with van der Waals surface area (Å²) in [5.41, 5.74) is 4.48. The number of aryl methyl sites for hydroxylation is 2. The smallest absolute Gasteiger partial charge is 0.278 e. The Morgan fingerprint density at radius 1 is 0.889 bits per heavy atom. The average Bonchev–Trinajstić information content (AvgIpc) is 2.89. The summed E-state index contributed by atoms with van der Waals surface area (Å²) in [5.74, 6) is -0.568. The van der Waals surface area contributed by atoms with Crippen LogP contribution in [0.5, 0.6) is 0 Å². The van der Waals surface area contributed by atoms with Gasteiger partial charge in [-0.2, -0.15) is 0 Å². The van der Waals surface area contributed by atoms with E-state index in [9.17, 15) is 9.59 Å². The van der Waals surface area contributed by atoms with Gasteiger partial charge in [0.2, 0.25) is 0 Å². The molecule has 0 aliphatic carbocycles. The fourth-order valence-corrected chi connectivity index (χ4v) is 3.03. The van der Waals surface area contributed by atoms with Crippen LogP contribution < -0.4 is 5.32 Å². The molecule has 5 nitrogen and oxygen atoms in total. The van der Waals surface area contributed by atoms with Crippen molar-refractivity contribution in [3.63, 3.8) is 0 Å². The van der Waals surface area contributed by atoms with E-state index in [0.717, 1.165) is 22.4 Å². The van der Waals surface area contributed by atoms with Crippen molar-refractivity contribution >= 4 is 23.1 Å². The number of nitrogens with one attached hydrogen (secondary N) is 1. The van der Waals surface area contributed by atoms with E-state index in [0.29, 0.717) is 30.8 Å². The minimum Gasteiger partial charge on any atom is -0.385 e. The van der Waals surface area contributed by atoms with Gasteiger partial charge in [-0.3, -0.25) is 14.5 Å². The minimum absolute atomic E-state index is 0.269. The van der Waals surface area contributed by atoms with Crippen LogP contribution in [-0.4, -0.2) is 37.0 Å². The molecule has 0 spiro atoms. The molecule has 3 rings (SSSR count). The average molecular weight is 364 g/mol. The van der Waals surface area contributed by atoms with E-state index in [4.69, 9.17) is 4.74 Å². The zero-order valence-electron chi connectivity index (χ0n) is 15.9. The van der Waals surface area contributed by atoms with E-state index < -0.39 is 0 Å². The summed E-state index contributed by atoms with van der Waals surface area (Å²) >= 11 is 0. The van der Waals surface area contributed by atoms with Gasteiger partial charge in [0.25, 0.3) is 11.8 Å². The van der Waals surface area contributed by atoms with Gasteiger partial charge in [0.1, 0.15) is 5.70 Å². The van der Waals surface area contributed by atoms with Crippen LogP contribution in [0.25, 0.3) is 5.57 Å². The summed E-state index contributed by atoms with van der Waals surface area (Å²) in [7, 11) is 1.61. The molecule has 2 amide bonds. The Morgan fingerprint density at radius 2 is 1.48 bits per heavy atom. The van der Waals surface area contributed by atoms with Crippen molar-refractivity contribution in [2.24, 2.45) is 0 Å². The molecule has 0 radical (unpaired) electrons. The largest absolute Gasteiger partial charge is 0.385 e. The number of imide groups is 1. The second-order valence-electron chi connectivity index (χ2n) is 6.72. The fourth-order valence-electron chi connectivity index (χ4n) is 3.03. The molecule has 1 aliphatic heterocycles. The first-order valence-electron chi connectivity index (χ1n) is 9.01. The highest BCUT2D eigenvalue weighted by Crippen LogP contribution is 2.30. The Morgan fingerprint density at radius 3 is 2.07 bits per heavy atom. The third kappa shape index (κ3) is 4.09. The topological polar surface area (TPSA) is 58.6 Å². The first-order valence-corrected chi connectivity index (χ1v) is 9.01. The van der Waals surface area contributed by atoms with E-state index in [-0.39, 0.29) is 11.8 Å². The summed E-state index contributed by atoms with van der Waals surface area (Å²) in [6, 6.07) is 15.4. The molecule has 1 N–H and O–H groups in total. The van der Waals surface area contributed by atoms with Crippen molar-refractivity contribution < 1.29 is 14.3 Å². The fraction of sp³-hybridized carbons (Fsp3) is 0.273. The van der Waals surface area contributed by atoms with Crippen molar-refractivity contribution in [2.75, 3.05) is 25.6 Å². The van der Waals surface area contributed by atoms with Crippen molar-refractivity contribution in [2.45, 2.75) is 20.3 Å². The molecule has 0 fully saturated rings. The van der Waals surface area contributed by atoms with Gasteiger partial charge in [-0.15, -0.1) is 0 Å². The van der Waals surface area contributed by atoms with Crippen LogP contribution in [0.4, 0.5) is 5.69 Å². The number of anilines is 1. The van der Waals surface area contributed by atoms with E-state index >= 15 is 0 Å². The second-order valence-corrected chi connectivity index (χ2v) is 6.72. The molecule has 5 heteroatoms. The Balaban J connectivity index is 1.97. The first-order chi connectivity index (χ1) is 13.0. The lowest BCUT2D eigenvalue weighted by Crippen LogP contribution is -2.33. The minimum atomic E-state index is -0.299. The lowest BCUT2D eigenvalue weighted by Gasteiger charge is -2.15. The third-order valence-corrected chi connectivity index (χ3v) is 4.56. The number of amides is 2. The van der Waals surface area contributed by atoms with Gasteiger partial charge in [-0.1, -0.05) is 47.5 Å². The van der Waals surface area contributed by atoms with Crippen molar-refractivity contribution in [1.82, 2.24) is 4.90 Å². The maximum atomic E-state index is 13.0. The van der Waals surface area contributed by atoms with E-state index in [1.807, 2.05) is 62.4 Å². The molecule has 0 saturated heterocycles. The monoisotopic (exact) mass is 364 g/mol. The van der Waals surface area contributed by atoms with Gasteiger partial charge in [0, 0.05) is 25.9 Å². The molecule has 0 atom stereocenters. The number of nitrogens with zero attached hydrogens (tertiary/aromatic N) is 1. The summed E-state index contributed by atoms with van der Waals surface area (Å²) in [6.45, 7) is 4.82. The van der Waals surface area contributed by atoms with Crippen LogP contribution in [0, 0.1) is 13.8 Å². The van der Waals surface area contributed by atoms with Gasteiger partial charge in [-0.25, -0.2) is 0 Å². The van der Waals surface area contributed by atoms with Gasteiger partial charge in [0.15, 0.2) is 0 Å². The van der Waals surface area contributed by atoms with Crippen LogP contribution in [0.3, 0.4) is 0 Å². The molecular weight excluding hydrogens is 340 g/mol. The predicted molar refractivity (Wildman–Crippen MR) is 106 cm³/mol. The molecule has 2 aromatic carbocycles. The van der Waals surface area contributed by atoms with E-state index in [1.165, 1.54) is 4.90 Å². The normalized spacial score (nSPS) is 14.3. The highest BCUT2D eigenvalue weighted by Gasteiger charge is 2.38. The Bertz CT molecular complexity index is 867. The van der Waals surface area contributed by atoms with Crippen molar-refractivity contribution in [1.29, 1.82) is 0 Å². The van der Waals surface area contributed by atoms with Gasteiger partial charge in [0.05, 0.1) is 5.57 Å². The third-order valence-electron chi connectivity index (χ3n) is 4.56. The Hall–Kier alpha value is -2.92. The lowest BCUT2D eigenvalue weighted by molar-refractivity contribution is -0.136. The molecule has 0 unspecified atom stereocenters. The summed E-state index contributed by atoms with van der Waals surface area (Å²) in [6.07, 6.45) is 0.604. The quantitative estimate of drug-likeness (QED) is 0.603. The molecule has 0 bridgehead atoms. The van der Waals surface area contributed by atoms with Crippen LogP contribution in [0.2, 0.25) is 0 Å². The highest BCUT2D eigenvalue weighted by atomic mass is 16.5. The Kier molecular flexibility index (Phi) is 5.72. The SMILES string of the molecule is COCCCN1C(=O)C(Nc2ccc(C)cc2)=C(c2ccc(C)cc2)C1=O. The predicted octanol–water partition coefficient (Wildman–Crippen LogP) is 3.53. The molecule has 0 aromatic heterocycles. The van der Waals surface area contributed by atoms with Gasteiger partial charge < -0.3 is 10.1 Å². The molecular formula is C22H24N2O3. The number of hydrogen-bond acceptors (Lipinski definition) is 4. The number of hydrogen-bond donors (Lipinski definition) is 1. The number of ether oxygens (including phenoxy) is 1. The number of methoxy groups -OCH3 is 1. The maximum absolute atomic E-state index is 13.0. The van der Waals surface area contributed by atoms with Crippen LogP contribution in [-0.2, 0) is 14.3 Å². The molecule has 0 saturated carbocycles. The summed E-state index contributed by atoms with van der Waals surface area (Å²) in [5, 5.41) is 3.17. The molecule has 2 aromatic rings. The molecule has 1 heterocycles. The number of rotatable bonds is 7. The van der Waals surface area contributed by atoms with E-state index in [2.05, 4.69) is 5.32 Å². The van der Waals surface area contributed by atoms with E-state index in [1.54, 1.807) is 7.11 Å². The standard InChI is InChI=1S/C22H24N2O3/c1-15-5-9-17(10-6-15)19-20(23-18-11-7-16(2)8-12-18)22(26)24(21(19)25)13-4-14-27-3/h5-12,23H,4,13-14H2,1-3H3. The summed E-state index contributed by atoms with van der Waals surface area (Å²) in [4.78, 5) is 27.3. The van der Waals surface area contributed by atoms with Crippen molar-refractivity contribution in [3.8, 4) is 0 Å². The molecule has 27 heavy (non-hydrogen) atoms. The first kappa shape index (κ1) is 18.9. The number of carbonyl (C=O) groups excluding carboxylic acids is 2. The van der Waals surface area contributed by atoms with Crippen LogP contribution in [0.1, 0.15) is 23.1 Å². The Labute approximate surface area is 159 Å². The lowest BCUT2D eigenvalue weighted by atomic mass is 10.0. The highest BCUT2D eigenvalue weighted by molar-refractivity contribution is 6.36. The van der Waals surface area contributed by atoms with Crippen LogP contribution >= 0.6 is 0 Å². The van der Waals surface area contributed by atoms with Gasteiger partial charge in [-0.05, 0) is 38.0 Å². The number of benzene rings is 2. The summed E-state index contributed by atoms with van der Waals surface area (Å²) < 4.78 is 5.05. The molecule has 140 valence electrons. The zero-order chi connectivity index (χ0) is 19.4. The van der Waals surface area contributed by atoms with Crippen LogP contribution in [0.15, 0.2) is 54.2 Å². The molecule has 1 aliphatic rings. The number of carbonyl (C=O) groups is 2.